The number of non-ortho nitro benzene ring substituents is 1. The highest BCUT2D eigenvalue weighted by Crippen LogP contribution is 2.17. The van der Waals surface area contributed by atoms with Gasteiger partial charge in [0.25, 0.3) is 12.2 Å². The Bertz CT molecular complexity index is 872. The molecule has 0 saturated heterocycles. The molecule has 1 N–H and O–H groups in total. The van der Waals surface area contributed by atoms with Gasteiger partial charge in [-0.2, -0.15) is 0 Å². The lowest BCUT2D eigenvalue weighted by molar-refractivity contribution is -0.384. The van der Waals surface area contributed by atoms with E-state index in [1.54, 1.807) is 0 Å². The molecule has 0 aromatic heterocycles. The first-order valence-corrected chi connectivity index (χ1v) is 11.6. The van der Waals surface area contributed by atoms with Crippen LogP contribution in [0.3, 0.4) is 0 Å². The molecule has 210 valence electrons. The van der Waals surface area contributed by atoms with Crippen molar-refractivity contribution in [3.05, 3.63) is 34.4 Å². The highest BCUT2D eigenvalue weighted by atomic mass is 16.7. The van der Waals surface area contributed by atoms with Gasteiger partial charge in [0.15, 0.2) is 0 Å². The van der Waals surface area contributed by atoms with Gasteiger partial charge in [-0.3, -0.25) is 19.7 Å². The van der Waals surface area contributed by atoms with E-state index in [9.17, 15) is 24.5 Å². The molecule has 0 heterocycles. The highest BCUT2D eigenvalue weighted by molar-refractivity contribution is 5.76. The van der Waals surface area contributed by atoms with Crippen LogP contribution in [0, 0.1) is 22.5 Å². The molecule has 0 aliphatic rings. The number of hydrogen-bond acceptors (Lipinski definition) is 12. The molecule has 14 nitrogen and oxygen atoms in total. The summed E-state index contributed by atoms with van der Waals surface area (Å²) in [6, 6.07) is 4.18. The van der Waals surface area contributed by atoms with Crippen LogP contribution < -0.4 is 10.1 Å². The topological polar surface area (TPSA) is 171 Å². The monoisotopic (exact) mass is 540 g/mol. The molecule has 1 atom stereocenters. The number of nitrogens with one attached hydrogen (secondary N) is 1. The molecule has 0 fully saturated rings. The Morgan fingerprint density at radius 3 is 2.16 bits per heavy atom. The van der Waals surface area contributed by atoms with E-state index in [1.807, 2.05) is 0 Å². The molecule has 0 radical (unpaired) electrons. The van der Waals surface area contributed by atoms with Crippen LogP contribution in [0.15, 0.2) is 24.3 Å². The summed E-state index contributed by atoms with van der Waals surface area (Å²) in [5.74, 6) is 2.04. The van der Waals surface area contributed by atoms with E-state index < -0.39 is 17.1 Å². The van der Waals surface area contributed by atoms with Crippen LogP contribution in [0.1, 0.15) is 12.8 Å². The Morgan fingerprint density at radius 2 is 1.58 bits per heavy atom. The first-order chi connectivity index (χ1) is 18.5. The first kappa shape index (κ1) is 32.3. The number of amides is 1. The smallest absolute Gasteiger partial charge is 0.468 e. The minimum Gasteiger partial charge on any atom is -0.468 e. The van der Waals surface area contributed by atoms with Crippen LogP contribution in [0.5, 0.6) is 5.75 Å². The van der Waals surface area contributed by atoms with Crippen LogP contribution in [-0.2, 0) is 38.0 Å². The average molecular weight is 541 g/mol. The number of carbonyl (C=O) groups is 3. The summed E-state index contributed by atoms with van der Waals surface area (Å²) in [4.78, 5) is 44.6. The van der Waals surface area contributed by atoms with E-state index in [2.05, 4.69) is 16.0 Å². The number of carbonyl (C=O) groups excluding carboxylic acids is 3. The predicted octanol–water partition coefficient (Wildman–Crippen LogP) is 1.25. The van der Waals surface area contributed by atoms with Crippen molar-refractivity contribution in [1.82, 2.24) is 5.32 Å². The number of nitrogens with zero attached hydrogens (tertiary/aromatic N) is 1. The minimum absolute atomic E-state index is 0.00923. The first-order valence-electron chi connectivity index (χ1n) is 11.6. The third-order valence-corrected chi connectivity index (χ3v) is 4.44. The second-order valence-corrected chi connectivity index (χ2v) is 7.28. The fourth-order valence-electron chi connectivity index (χ4n) is 2.64. The van der Waals surface area contributed by atoms with Gasteiger partial charge >= 0.3 is 6.16 Å². The van der Waals surface area contributed by atoms with Crippen molar-refractivity contribution in [3.63, 3.8) is 0 Å². The summed E-state index contributed by atoms with van der Waals surface area (Å²) >= 11 is 0. The van der Waals surface area contributed by atoms with Gasteiger partial charge in [0.05, 0.1) is 63.8 Å². The third-order valence-electron chi connectivity index (χ3n) is 4.44. The van der Waals surface area contributed by atoms with Crippen molar-refractivity contribution >= 4 is 24.2 Å². The third kappa shape index (κ3) is 16.8. The Hall–Kier alpha value is -3.77. The molecular formula is C24H32N2O12. The van der Waals surface area contributed by atoms with E-state index in [1.165, 1.54) is 24.3 Å². The number of ether oxygens (including phenoxy) is 7. The van der Waals surface area contributed by atoms with Gasteiger partial charge in [-0.15, -0.1) is 6.42 Å². The maximum absolute atomic E-state index is 12.2. The lowest BCUT2D eigenvalue weighted by atomic mass is 10.2. The summed E-state index contributed by atoms with van der Waals surface area (Å²) in [7, 11) is 0. The predicted molar refractivity (Wildman–Crippen MR) is 130 cm³/mol. The Kier molecular flexibility index (Phi) is 18.1. The normalized spacial score (nSPS) is 11.1. The molecule has 1 amide bonds. The number of nitro benzene ring substituents is 1. The molecule has 0 aliphatic carbocycles. The molecule has 1 unspecified atom stereocenters. The summed E-state index contributed by atoms with van der Waals surface area (Å²) in [5.41, 5.74) is -0.163. The summed E-state index contributed by atoms with van der Waals surface area (Å²) < 4.78 is 35.7. The molecule has 0 aliphatic heterocycles. The molecule has 0 bridgehead atoms. The fourth-order valence-corrected chi connectivity index (χ4v) is 2.64. The fraction of sp³-hybridized carbons (Fsp3) is 0.542. The molecular weight excluding hydrogens is 508 g/mol. The minimum atomic E-state index is -1.07. The van der Waals surface area contributed by atoms with E-state index in [0.717, 1.165) is 0 Å². The Balaban J connectivity index is 2.22. The molecule has 1 aromatic carbocycles. The van der Waals surface area contributed by atoms with Gasteiger partial charge in [-0.25, -0.2) is 4.79 Å². The second kappa shape index (κ2) is 21.3. The van der Waals surface area contributed by atoms with Gasteiger partial charge in [0, 0.05) is 25.0 Å². The zero-order valence-electron chi connectivity index (χ0n) is 20.9. The molecule has 0 spiro atoms. The van der Waals surface area contributed by atoms with Crippen LogP contribution >= 0.6 is 0 Å². The number of hydrogen-bond donors (Lipinski definition) is 1. The number of terminal acetylenes is 1. The number of nitro groups is 1. The maximum atomic E-state index is 12.2. The number of benzene rings is 1. The van der Waals surface area contributed by atoms with Crippen molar-refractivity contribution in [2.75, 3.05) is 66.1 Å². The molecule has 1 rings (SSSR count). The SMILES string of the molecule is C#CCOCCOCCOCCOCCC(=O)NC(CCOC=O)COC(=O)Oc1ccc([N+](=O)[O-])cc1. The van der Waals surface area contributed by atoms with Crippen molar-refractivity contribution in [3.8, 4) is 18.1 Å². The van der Waals surface area contributed by atoms with E-state index in [-0.39, 0.29) is 69.7 Å². The quantitative estimate of drug-likeness (QED) is 0.0425. The van der Waals surface area contributed by atoms with Crippen molar-refractivity contribution in [2.45, 2.75) is 18.9 Å². The lowest BCUT2D eigenvalue weighted by Gasteiger charge is -2.18. The van der Waals surface area contributed by atoms with Gasteiger partial charge in [0.2, 0.25) is 5.91 Å². The molecule has 38 heavy (non-hydrogen) atoms. The van der Waals surface area contributed by atoms with Crippen molar-refractivity contribution < 1.29 is 52.5 Å². The van der Waals surface area contributed by atoms with Gasteiger partial charge < -0.3 is 38.5 Å². The Labute approximate surface area is 219 Å². The summed E-state index contributed by atoms with van der Waals surface area (Å²) in [6.07, 6.45) is 4.21. The van der Waals surface area contributed by atoms with Crippen molar-refractivity contribution in [2.24, 2.45) is 0 Å². The zero-order valence-corrected chi connectivity index (χ0v) is 20.9. The highest BCUT2D eigenvalue weighted by Gasteiger charge is 2.17. The van der Waals surface area contributed by atoms with Crippen LogP contribution in [0.25, 0.3) is 0 Å². The maximum Gasteiger partial charge on any atom is 0.513 e. The van der Waals surface area contributed by atoms with E-state index in [0.29, 0.717) is 33.0 Å². The Morgan fingerprint density at radius 1 is 0.974 bits per heavy atom. The molecule has 14 heteroatoms. The number of rotatable bonds is 22. The van der Waals surface area contributed by atoms with E-state index in [4.69, 9.17) is 34.8 Å². The zero-order chi connectivity index (χ0) is 27.8. The summed E-state index contributed by atoms with van der Waals surface area (Å²) in [5, 5.41) is 13.3. The summed E-state index contributed by atoms with van der Waals surface area (Å²) in [6.45, 7) is 2.62. The van der Waals surface area contributed by atoms with Crippen molar-refractivity contribution in [1.29, 1.82) is 0 Å². The molecule has 1 aromatic rings. The van der Waals surface area contributed by atoms with Crippen LogP contribution in [0.4, 0.5) is 10.5 Å². The van der Waals surface area contributed by atoms with Gasteiger partial charge in [-0.1, -0.05) is 5.92 Å². The van der Waals surface area contributed by atoms with Gasteiger partial charge in [-0.05, 0) is 12.1 Å². The van der Waals surface area contributed by atoms with Gasteiger partial charge in [0.1, 0.15) is 19.0 Å². The van der Waals surface area contributed by atoms with Crippen LogP contribution in [-0.4, -0.2) is 95.6 Å². The largest absolute Gasteiger partial charge is 0.513 e. The average Bonchev–Trinajstić information content (AvgIpc) is 2.90. The second-order valence-electron chi connectivity index (χ2n) is 7.28. The van der Waals surface area contributed by atoms with E-state index >= 15 is 0 Å². The van der Waals surface area contributed by atoms with Crippen LogP contribution in [0.2, 0.25) is 0 Å². The lowest BCUT2D eigenvalue weighted by Crippen LogP contribution is -2.40. The standard InChI is InChI=1S/C24H32N2O12/c1-2-9-32-12-14-34-16-17-35-15-13-33-11-8-23(28)25-20(7-10-36-19-27)18-37-24(29)38-22-5-3-21(4-6-22)26(30)31/h1,3-6,19-20H,7-18H2,(H,25,28). The molecule has 0 saturated carbocycles.